The van der Waals surface area contributed by atoms with Gasteiger partial charge in [0.25, 0.3) is 0 Å². The number of benzene rings is 1. The van der Waals surface area contributed by atoms with E-state index in [9.17, 15) is 13.2 Å². The summed E-state index contributed by atoms with van der Waals surface area (Å²) in [5.41, 5.74) is 7.29. The lowest BCUT2D eigenvalue weighted by molar-refractivity contribution is -0.133. The SMILES string of the molecule is CC1(C)CNc2c(cccc2S(=O)(=O)N[C@@H](CSCCCN)C(=O)N2CCC(CCCl)CC2)C1. The predicted molar refractivity (Wildman–Crippen MR) is 142 cm³/mol. The highest BCUT2D eigenvalue weighted by atomic mass is 35.5. The summed E-state index contributed by atoms with van der Waals surface area (Å²) in [6, 6.07) is 4.56. The van der Waals surface area contributed by atoms with Gasteiger partial charge in [-0.15, -0.1) is 11.6 Å². The predicted octanol–water partition coefficient (Wildman–Crippen LogP) is 3.28. The Morgan fingerprint density at radius 3 is 2.76 bits per heavy atom. The molecule has 7 nitrogen and oxygen atoms in total. The minimum atomic E-state index is -3.90. The standard InChI is InChI=1S/C24H39ClN4O3S2/c1-24(2)15-19-5-3-6-21(22(19)27-17-24)34(31,32)28-20(16-33-14-4-11-26)23(30)29-12-8-18(7-10-25)9-13-29/h3,5-6,18,20,27-28H,4,7-17,26H2,1-2H3/t20-/m0/s1. The summed E-state index contributed by atoms with van der Waals surface area (Å²) >= 11 is 7.45. The molecule has 2 heterocycles. The molecule has 0 bridgehead atoms. The number of carbonyl (C=O) groups is 1. The van der Waals surface area contributed by atoms with Gasteiger partial charge in [-0.2, -0.15) is 16.5 Å². The molecule has 0 unspecified atom stereocenters. The molecule has 4 N–H and O–H groups in total. The van der Waals surface area contributed by atoms with Crippen LogP contribution in [-0.4, -0.2) is 68.8 Å². The molecule has 192 valence electrons. The van der Waals surface area contributed by atoms with Crippen molar-refractivity contribution in [2.45, 2.75) is 56.9 Å². The summed E-state index contributed by atoms with van der Waals surface area (Å²) in [4.78, 5) is 15.5. The number of alkyl halides is 1. The van der Waals surface area contributed by atoms with Gasteiger partial charge in [0.15, 0.2) is 0 Å². The second-order valence-electron chi connectivity index (χ2n) is 10.1. The van der Waals surface area contributed by atoms with Crippen LogP contribution in [0.5, 0.6) is 0 Å². The average Bonchev–Trinajstić information content (AvgIpc) is 2.80. The van der Waals surface area contributed by atoms with Crippen LogP contribution in [0, 0.1) is 11.3 Å². The molecule has 10 heteroatoms. The maximum atomic E-state index is 13.5. The Kier molecular flexibility index (Phi) is 9.98. The van der Waals surface area contributed by atoms with E-state index in [1.54, 1.807) is 23.9 Å². The fourth-order valence-electron chi connectivity index (χ4n) is 4.66. The van der Waals surface area contributed by atoms with Gasteiger partial charge in [0.05, 0.1) is 5.69 Å². The van der Waals surface area contributed by atoms with Crippen LogP contribution in [0.1, 0.15) is 45.1 Å². The van der Waals surface area contributed by atoms with Gasteiger partial charge in [-0.05, 0) is 67.4 Å². The van der Waals surface area contributed by atoms with Crippen LogP contribution >= 0.6 is 23.4 Å². The van der Waals surface area contributed by atoms with Gasteiger partial charge in [0.1, 0.15) is 10.9 Å². The zero-order valence-electron chi connectivity index (χ0n) is 20.3. The smallest absolute Gasteiger partial charge is 0.243 e. The van der Waals surface area contributed by atoms with E-state index in [2.05, 4.69) is 23.9 Å². The number of anilines is 1. The number of amides is 1. The van der Waals surface area contributed by atoms with E-state index >= 15 is 0 Å². The van der Waals surface area contributed by atoms with Crippen molar-refractivity contribution in [2.75, 3.05) is 48.9 Å². The first kappa shape index (κ1) is 27.6. The first-order chi connectivity index (χ1) is 16.2. The Morgan fingerprint density at radius 2 is 2.09 bits per heavy atom. The normalized spacial score (nSPS) is 19.4. The van der Waals surface area contributed by atoms with E-state index in [4.69, 9.17) is 17.3 Å². The number of piperidine rings is 1. The average molecular weight is 531 g/mol. The summed E-state index contributed by atoms with van der Waals surface area (Å²) < 4.78 is 29.8. The minimum Gasteiger partial charge on any atom is -0.383 e. The van der Waals surface area contributed by atoms with E-state index in [0.717, 1.165) is 43.4 Å². The largest absolute Gasteiger partial charge is 0.383 e. The molecule has 0 aromatic heterocycles. The van der Waals surface area contributed by atoms with Crippen LogP contribution in [0.25, 0.3) is 0 Å². The molecule has 0 radical (unpaired) electrons. The molecule has 1 atom stereocenters. The van der Waals surface area contributed by atoms with Crippen molar-refractivity contribution in [3.8, 4) is 0 Å². The minimum absolute atomic E-state index is 0.0521. The number of rotatable bonds is 11. The van der Waals surface area contributed by atoms with E-state index in [1.807, 2.05) is 11.0 Å². The highest BCUT2D eigenvalue weighted by molar-refractivity contribution is 7.99. The topological polar surface area (TPSA) is 105 Å². The zero-order valence-corrected chi connectivity index (χ0v) is 22.7. The summed E-state index contributed by atoms with van der Waals surface area (Å²) in [7, 11) is -3.90. The molecule has 1 amide bonds. The van der Waals surface area contributed by atoms with Gasteiger partial charge < -0.3 is 16.0 Å². The molecule has 34 heavy (non-hydrogen) atoms. The van der Waals surface area contributed by atoms with Crippen molar-refractivity contribution in [1.29, 1.82) is 0 Å². The molecule has 1 aromatic carbocycles. The summed E-state index contributed by atoms with van der Waals surface area (Å²) in [5, 5.41) is 3.33. The van der Waals surface area contributed by atoms with Gasteiger partial charge in [0.2, 0.25) is 15.9 Å². The monoisotopic (exact) mass is 530 g/mol. The van der Waals surface area contributed by atoms with Crippen LogP contribution in [0.15, 0.2) is 23.1 Å². The number of halogens is 1. The zero-order chi connectivity index (χ0) is 24.8. The summed E-state index contributed by atoms with van der Waals surface area (Å²) in [6.45, 7) is 6.87. The second kappa shape index (κ2) is 12.3. The Bertz CT molecular complexity index is 934. The third-order valence-corrected chi connectivity index (χ3v) is 9.51. The van der Waals surface area contributed by atoms with Crippen molar-refractivity contribution < 1.29 is 13.2 Å². The van der Waals surface area contributed by atoms with Crippen molar-refractivity contribution >= 4 is 45.0 Å². The summed E-state index contributed by atoms with van der Waals surface area (Å²) in [6.07, 6.45) is 4.40. The van der Waals surface area contributed by atoms with Gasteiger partial charge >= 0.3 is 0 Å². The fraction of sp³-hybridized carbons (Fsp3) is 0.708. The number of sulfonamides is 1. The number of likely N-dealkylation sites (tertiary alicyclic amines) is 1. The highest BCUT2D eigenvalue weighted by Crippen LogP contribution is 2.36. The molecule has 3 rings (SSSR count). The molecular weight excluding hydrogens is 492 g/mol. The van der Waals surface area contributed by atoms with Gasteiger partial charge in [-0.1, -0.05) is 26.0 Å². The third kappa shape index (κ3) is 7.26. The Balaban J connectivity index is 1.77. The van der Waals surface area contributed by atoms with Gasteiger partial charge in [-0.25, -0.2) is 8.42 Å². The lowest BCUT2D eigenvalue weighted by atomic mass is 9.82. The van der Waals surface area contributed by atoms with Crippen LogP contribution in [-0.2, 0) is 21.2 Å². The number of nitrogens with zero attached hydrogens (tertiary/aromatic N) is 1. The fourth-order valence-corrected chi connectivity index (χ4v) is 7.49. The van der Waals surface area contributed by atoms with Crippen molar-refractivity contribution in [1.82, 2.24) is 9.62 Å². The van der Waals surface area contributed by atoms with Gasteiger partial charge in [-0.3, -0.25) is 4.79 Å². The Labute approximate surface area is 214 Å². The maximum absolute atomic E-state index is 13.5. The van der Waals surface area contributed by atoms with E-state index in [1.165, 1.54) is 0 Å². The molecule has 2 aliphatic rings. The number of thioether (sulfide) groups is 1. The van der Waals surface area contributed by atoms with E-state index in [-0.39, 0.29) is 16.2 Å². The van der Waals surface area contributed by atoms with Crippen molar-refractivity contribution in [3.63, 3.8) is 0 Å². The molecule has 1 aromatic rings. The number of nitrogens with two attached hydrogens (primary N) is 1. The van der Waals surface area contributed by atoms with Crippen LogP contribution < -0.4 is 15.8 Å². The molecule has 1 fully saturated rings. The highest BCUT2D eigenvalue weighted by Gasteiger charge is 2.34. The van der Waals surface area contributed by atoms with Crippen LogP contribution in [0.2, 0.25) is 0 Å². The molecule has 0 aliphatic carbocycles. The van der Waals surface area contributed by atoms with E-state index < -0.39 is 16.1 Å². The molecule has 1 saturated heterocycles. The quantitative estimate of drug-likeness (QED) is 0.299. The molecular formula is C24H39ClN4O3S2. The number of para-hydroxylation sites is 1. The number of hydrogen-bond donors (Lipinski definition) is 3. The third-order valence-electron chi connectivity index (χ3n) is 6.63. The first-order valence-electron chi connectivity index (χ1n) is 12.2. The van der Waals surface area contributed by atoms with E-state index in [0.29, 0.717) is 49.4 Å². The lowest BCUT2D eigenvalue weighted by Crippen LogP contribution is -2.52. The van der Waals surface area contributed by atoms with Crippen LogP contribution in [0.4, 0.5) is 5.69 Å². The lowest BCUT2D eigenvalue weighted by Gasteiger charge is -2.35. The number of carbonyl (C=O) groups excluding carboxylic acids is 1. The first-order valence-corrected chi connectivity index (χ1v) is 15.3. The van der Waals surface area contributed by atoms with Crippen molar-refractivity contribution in [2.24, 2.45) is 17.1 Å². The molecule has 2 aliphatic heterocycles. The number of nitrogens with one attached hydrogen (secondary N) is 2. The molecule has 0 saturated carbocycles. The second-order valence-corrected chi connectivity index (χ2v) is 13.3. The van der Waals surface area contributed by atoms with Gasteiger partial charge in [0, 0.05) is 31.3 Å². The number of hydrogen-bond acceptors (Lipinski definition) is 6. The Morgan fingerprint density at radius 1 is 1.35 bits per heavy atom. The maximum Gasteiger partial charge on any atom is 0.243 e. The van der Waals surface area contributed by atoms with Crippen LogP contribution in [0.3, 0.4) is 0 Å². The number of fused-ring (bicyclic) bond motifs is 1. The van der Waals surface area contributed by atoms with Crippen molar-refractivity contribution in [3.05, 3.63) is 23.8 Å². The molecule has 0 spiro atoms. The summed E-state index contributed by atoms with van der Waals surface area (Å²) in [5.74, 6) is 2.19. The Hall–Kier alpha value is -1.00.